The van der Waals surface area contributed by atoms with E-state index in [9.17, 15) is 0 Å². The molecule has 1 aromatic carbocycles. The van der Waals surface area contributed by atoms with Gasteiger partial charge in [0.05, 0.1) is 6.61 Å². The molecule has 0 unspecified atom stereocenters. The van der Waals surface area contributed by atoms with Crippen molar-refractivity contribution in [1.29, 1.82) is 0 Å². The third kappa shape index (κ3) is 4.51. The molecule has 0 aliphatic heterocycles. The van der Waals surface area contributed by atoms with Gasteiger partial charge in [0.15, 0.2) is 0 Å². The molecule has 90 valence electrons. The van der Waals surface area contributed by atoms with Gasteiger partial charge >= 0.3 is 0 Å². The maximum Gasteiger partial charge on any atom is 0.0587 e. The lowest BCUT2D eigenvalue weighted by Crippen LogP contribution is -2.30. The van der Waals surface area contributed by atoms with Crippen LogP contribution < -0.4 is 16.0 Å². The van der Waals surface area contributed by atoms with Crippen LogP contribution in [-0.4, -0.2) is 40.4 Å². The van der Waals surface area contributed by atoms with Crippen molar-refractivity contribution in [3.05, 3.63) is 24.3 Å². The second kappa shape index (κ2) is 7.09. The van der Waals surface area contributed by atoms with E-state index >= 15 is 0 Å². The second-order valence-corrected chi connectivity index (χ2v) is 3.76. The molecular formula is C12H21N3O. The fraction of sp³-hybridized carbons (Fsp3) is 0.500. The van der Waals surface area contributed by atoms with E-state index in [4.69, 9.17) is 10.5 Å². The zero-order valence-corrected chi connectivity index (χ0v) is 10.1. The molecule has 0 fully saturated rings. The number of ether oxygens (including phenoxy) is 1. The van der Waals surface area contributed by atoms with Crippen LogP contribution in [0.15, 0.2) is 24.3 Å². The largest absolute Gasteiger partial charge is 0.399 e. The predicted molar refractivity (Wildman–Crippen MR) is 68.9 cm³/mol. The Kier molecular flexibility index (Phi) is 5.67. The maximum atomic E-state index is 5.64. The molecule has 0 radical (unpaired) electrons. The van der Waals surface area contributed by atoms with E-state index in [0.717, 1.165) is 31.9 Å². The summed E-state index contributed by atoms with van der Waals surface area (Å²) in [5.74, 6) is 0. The summed E-state index contributed by atoms with van der Waals surface area (Å²) in [6.07, 6.45) is 0. The van der Waals surface area contributed by atoms with Gasteiger partial charge in [0.2, 0.25) is 0 Å². The molecule has 0 atom stereocenters. The Balaban J connectivity index is 2.24. The number of nitrogens with zero attached hydrogens (tertiary/aromatic N) is 1. The topological polar surface area (TPSA) is 50.5 Å². The quantitative estimate of drug-likeness (QED) is 0.533. The number of hydrogen-bond acceptors (Lipinski definition) is 4. The maximum absolute atomic E-state index is 5.64. The molecule has 0 saturated heterocycles. The van der Waals surface area contributed by atoms with Gasteiger partial charge in [-0.05, 0) is 24.3 Å². The average Bonchev–Trinajstić information content (AvgIpc) is 2.29. The highest BCUT2D eigenvalue weighted by atomic mass is 16.5. The Morgan fingerprint density at radius 2 is 1.94 bits per heavy atom. The molecule has 1 rings (SSSR count). The van der Waals surface area contributed by atoms with Gasteiger partial charge in [0.1, 0.15) is 0 Å². The van der Waals surface area contributed by atoms with Crippen molar-refractivity contribution in [2.45, 2.75) is 0 Å². The van der Waals surface area contributed by atoms with Crippen molar-refractivity contribution in [3.8, 4) is 0 Å². The standard InChI is InChI=1S/C12H21N3O/c1-15(9-7-14-8-10-16-2)12-5-3-11(13)4-6-12/h3-6,14H,7-10,13H2,1-2H3. The van der Waals surface area contributed by atoms with Crippen molar-refractivity contribution in [2.24, 2.45) is 0 Å². The summed E-state index contributed by atoms with van der Waals surface area (Å²) in [5.41, 5.74) is 7.62. The molecule has 0 spiro atoms. The van der Waals surface area contributed by atoms with Crippen molar-refractivity contribution in [1.82, 2.24) is 5.32 Å². The van der Waals surface area contributed by atoms with Crippen LogP contribution in [0.2, 0.25) is 0 Å². The van der Waals surface area contributed by atoms with Gasteiger partial charge in [0.25, 0.3) is 0 Å². The molecule has 4 nitrogen and oxygen atoms in total. The van der Waals surface area contributed by atoms with Crippen molar-refractivity contribution in [3.63, 3.8) is 0 Å². The van der Waals surface area contributed by atoms with E-state index in [1.807, 2.05) is 24.3 Å². The van der Waals surface area contributed by atoms with Gasteiger partial charge < -0.3 is 20.7 Å². The minimum absolute atomic E-state index is 0.756. The first kappa shape index (κ1) is 12.8. The molecule has 0 bridgehead atoms. The summed E-state index contributed by atoms with van der Waals surface area (Å²) in [4.78, 5) is 2.19. The molecule has 0 aliphatic carbocycles. The highest BCUT2D eigenvalue weighted by Crippen LogP contribution is 2.13. The molecule has 4 heteroatoms. The fourth-order valence-corrected chi connectivity index (χ4v) is 1.40. The van der Waals surface area contributed by atoms with Gasteiger partial charge in [0, 0.05) is 45.2 Å². The van der Waals surface area contributed by atoms with Crippen LogP contribution in [0.3, 0.4) is 0 Å². The molecule has 1 aromatic rings. The van der Waals surface area contributed by atoms with Gasteiger partial charge in [-0.15, -0.1) is 0 Å². The van der Waals surface area contributed by atoms with E-state index in [1.165, 1.54) is 5.69 Å². The molecule has 0 saturated carbocycles. The third-order valence-electron chi connectivity index (χ3n) is 2.44. The average molecular weight is 223 g/mol. The molecular weight excluding hydrogens is 202 g/mol. The van der Waals surface area contributed by atoms with Gasteiger partial charge in [-0.2, -0.15) is 0 Å². The van der Waals surface area contributed by atoms with Crippen LogP contribution in [0.4, 0.5) is 11.4 Å². The normalized spacial score (nSPS) is 10.4. The Morgan fingerprint density at radius 1 is 1.25 bits per heavy atom. The first-order valence-electron chi connectivity index (χ1n) is 5.50. The van der Waals surface area contributed by atoms with Crippen LogP contribution in [0, 0.1) is 0 Å². The fourth-order valence-electron chi connectivity index (χ4n) is 1.40. The summed E-state index contributed by atoms with van der Waals surface area (Å²) in [6.45, 7) is 3.57. The summed E-state index contributed by atoms with van der Waals surface area (Å²) in [5, 5.41) is 3.31. The molecule has 3 N–H and O–H groups in total. The highest BCUT2D eigenvalue weighted by Gasteiger charge is 1.99. The number of rotatable bonds is 7. The Morgan fingerprint density at radius 3 is 2.56 bits per heavy atom. The smallest absolute Gasteiger partial charge is 0.0587 e. The summed E-state index contributed by atoms with van der Waals surface area (Å²) in [7, 11) is 3.78. The van der Waals surface area contributed by atoms with Gasteiger partial charge in [-0.1, -0.05) is 0 Å². The van der Waals surface area contributed by atoms with E-state index in [2.05, 4.69) is 17.3 Å². The van der Waals surface area contributed by atoms with Crippen LogP contribution in [0.1, 0.15) is 0 Å². The summed E-state index contributed by atoms with van der Waals surface area (Å²) < 4.78 is 4.96. The molecule has 0 amide bonds. The number of methoxy groups -OCH3 is 1. The Hall–Kier alpha value is -1.26. The molecule has 0 heterocycles. The number of anilines is 2. The van der Waals surface area contributed by atoms with E-state index in [-0.39, 0.29) is 0 Å². The van der Waals surface area contributed by atoms with Crippen LogP contribution in [-0.2, 0) is 4.74 Å². The van der Waals surface area contributed by atoms with Crippen LogP contribution in [0.25, 0.3) is 0 Å². The Bertz CT molecular complexity index is 287. The SMILES string of the molecule is COCCNCCN(C)c1ccc(N)cc1. The predicted octanol–water partition coefficient (Wildman–Crippen LogP) is 0.941. The molecule has 0 aliphatic rings. The van der Waals surface area contributed by atoms with E-state index in [1.54, 1.807) is 7.11 Å². The number of hydrogen-bond donors (Lipinski definition) is 2. The number of nitrogens with one attached hydrogen (secondary N) is 1. The monoisotopic (exact) mass is 223 g/mol. The van der Waals surface area contributed by atoms with E-state index < -0.39 is 0 Å². The lowest BCUT2D eigenvalue weighted by Gasteiger charge is -2.19. The summed E-state index contributed by atoms with van der Waals surface area (Å²) >= 11 is 0. The highest BCUT2D eigenvalue weighted by molar-refractivity contribution is 5.52. The zero-order valence-electron chi connectivity index (χ0n) is 10.1. The lowest BCUT2D eigenvalue weighted by molar-refractivity contribution is 0.200. The second-order valence-electron chi connectivity index (χ2n) is 3.76. The van der Waals surface area contributed by atoms with Crippen LogP contribution >= 0.6 is 0 Å². The lowest BCUT2D eigenvalue weighted by atomic mass is 10.2. The number of benzene rings is 1. The van der Waals surface area contributed by atoms with Gasteiger partial charge in [-0.3, -0.25) is 0 Å². The summed E-state index contributed by atoms with van der Waals surface area (Å²) in [6, 6.07) is 7.91. The zero-order chi connectivity index (χ0) is 11.8. The number of nitrogens with two attached hydrogens (primary N) is 1. The van der Waals surface area contributed by atoms with E-state index in [0.29, 0.717) is 0 Å². The third-order valence-corrected chi connectivity index (χ3v) is 2.44. The minimum atomic E-state index is 0.756. The molecule has 0 aromatic heterocycles. The first-order valence-corrected chi connectivity index (χ1v) is 5.50. The van der Waals surface area contributed by atoms with Gasteiger partial charge in [-0.25, -0.2) is 0 Å². The van der Waals surface area contributed by atoms with Crippen molar-refractivity contribution < 1.29 is 4.74 Å². The number of likely N-dealkylation sites (N-methyl/N-ethyl adjacent to an activating group) is 1. The number of nitrogen functional groups attached to an aromatic ring is 1. The minimum Gasteiger partial charge on any atom is -0.399 e. The Labute approximate surface area is 97.4 Å². The van der Waals surface area contributed by atoms with Crippen molar-refractivity contribution >= 4 is 11.4 Å². The molecule has 16 heavy (non-hydrogen) atoms. The first-order chi connectivity index (χ1) is 7.74. The van der Waals surface area contributed by atoms with Crippen molar-refractivity contribution in [2.75, 3.05) is 51.0 Å². The van der Waals surface area contributed by atoms with Crippen LogP contribution in [0.5, 0.6) is 0 Å².